The van der Waals surface area contributed by atoms with Gasteiger partial charge in [-0.2, -0.15) is 0 Å². The van der Waals surface area contributed by atoms with Crippen molar-refractivity contribution in [3.05, 3.63) is 59.2 Å². The first-order valence-electron chi connectivity index (χ1n) is 9.64. The average Bonchev–Trinajstić information content (AvgIpc) is 3.16. The topological polar surface area (TPSA) is 62.8 Å². The zero-order chi connectivity index (χ0) is 19.9. The van der Waals surface area contributed by atoms with Crippen LogP contribution in [0.4, 0.5) is 4.79 Å². The molecule has 0 unspecified atom stereocenters. The number of para-hydroxylation sites is 1. The van der Waals surface area contributed by atoms with Crippen LogP contribution < -0.4 is 20.1 Å². The van der Waals surface area contributed by atoms with Crippen molar-refractivity contribution in [1.82, 2.24) is 15.5 Å². The number of hydrogen-bond donors (Lipinski definition) is 2. The zero-order valence-electron chi connectivity index (χ0n) is 16.8. The fourth-order valence-corrected chi connectivity index (χ4v) is 3.19. The molecule has 0 bridgehead atoms. The molecular weight excluding hydrogens is 354 g/mol. The third-order valence-electron chi connectivity index (χ3n) is 4.98. The van der Waals surface area contributed by atoms with Crippen LogP contribution in [0.1, 0.15) is 16.7 Å². The molecular formula is C22H29N3O3. The van der Waals surface area contributed by atoms with E-state index in [4.69, 9.17) is 9.47 Å². The lowest BCUT2D eigenvalue weighted by Gasteiger charge is -2.25. The molecule has 0 aliphatic carbocycles. The molecule has 6 heteroatoms. The summed E-state index contributed by atoms with van der Waals surface area (Å²) in [6.45, 7) is 3.49. The van der Waals surface area contributed by atoms with Gasteiger partial charge in [0.2, 0.25) is 6.79 Å². The number of benzene rings is 2. The molecule has 1 atom stereocenters. The highest BCUT2D eigenvalue weighted by Crippen LogP contribution is 2.36. The summed E-state index contributed by atoms with van der Waals surface area (Å²) in [4.78, 5) is 14.3. The van der Waals surface area contributed by atoms with Crippen molar-refractivity contribution in [2.45, 2.75) is 25.8 Å². The molecule has 28 heavy (non-hydrogen) atoms. The van der Waals surface area contributed by atoms with E-state index in [1.165, 1.54) is 11.1 Å². The summed E-state index contributed by atoms with van der Waals surface area (Å²) in [6, 6.07) is 14.3. The minimum atomic E-state index is -0.142. The lowest BCUT2D eigenvalue weighted by atomic mass is 10.0. The molecule has 1 aliphatic heterocycles. The second-order valence-electron chi connectivity index (χ2n) is 7.34. The van der Waals surface area contributed by atoms with Crippen molar-refractivity contribution in [2.75, 3.05) is 34.0 Å². The van der Waals surface area contributed by atoms with Gasteiger partial charge in [-0.25, -0.2) is 4.79 Å². The van der Waals surface area contributed by atoms with Crippen molar-refractivity contribution >= 4 is 6.03 Å². The third-order valence-corrected chi connectivity index (χ3v) is 4.98. The van der Waals surface area contributed by atoms with Crippen molar-refractivity contribution in [3.8, 4) is 11.5 Å². The maximum absolute atomic E-state index is 12.2. The first kappa shape index (κ1) is 20.0. The molecule has 0 fully saturated rings. The normalized spacial score (nSPS) is 13.4. The molecule has 0 saturated carbocycles. The molecule has 2 aromatic carbocycles. The van der Waals surface area contributed by atoms with Gasteiger partial charge in [-0.05, 0) is 51.1 Å². The Bertz CT molecular complexity index is 790. The van der Waals surface area contributed by atoms with E-state index in [-0.39, 0.29) is 18.9 Å². The largest absolute Gasteiger partial charge is 0.454 e. The number of urea groups is 1. The van der Waals surface area contributed by atoms with Gasteiger partial charge in [-0.1, -0.05) is 42.0 Å². The summed E-state index contributed by atoms with van der Waals surface area (Å²) < 4.78 is 11.0. The van der Waals surface area contributed by atoms with Gasteiger partial charge in [0.05, 0.1) is 0 Å². The summed E-state index contributed by atoms with van der Waals surface area (Å²) in [7, 11) is 4.03. The number of amides is 2. The summed E-state index contributed by atoms with van der Waals surface area (Å²) in [5.41, 5.74) is 3.55. The van der Waals surface area contributed by atoms with Crippen LogP contribution >= 0.6 is 0 Å². The third kappa shape index (κ3) is 5.39. The van der Waals surface area contributed by atoms with Crippen molar-refractivity contribution in [3.63, 3.8) is 0 Å². The lowest BCUT2D eigenvalue weighted by Crippen LogP contribution is -2.45. The average molecular weight is 383 g/mol. The molecule has 1 aliphatic rings. The standard InChI is InChI=1S/C22H29N3O3/c1-16-7-9-17(10-8-16)11-12-23-22(26)24-14-19(25(2)3)13-18-5-4-6-20-21(18)28-15-27-20/h4-10,19H,11-15H2,1-3H3,(H2,23,24,26)/t19-/m0/s1. The second kappa shape index (κ2) is 9.46. The number of carbonyl (C=O) groups is 1. The highest BCUT2D eigenvalue weighted by atomic mass is 16.7. The Hall–Kier alpha value is -2.73. The molecule has 0 radical (unpaired) electrons. The van der Waals surface area contributed by atoms with E-state index in [9.17, 15) is 4.79 Å². The Balaban J connectivity index is 1.46. The Morgan fingerprint density at radius 1 is 1.11 bits per heavy atom. The van der Waals surface area contributed by atoms with Gasteiger partial charge < -0.3 is 25.0 Å². The van der Waals surface area contributed by atoms with Crippen LogP contribution in [0.25, 0.3) is 0 Å². The molecule has 6 nitrogen and oxygen atoms in total. The van der Waals surface area contributed by atoms with E-state index in [1.807, 2.05) is 32.3 Å². The predicted octanol–water partition coefficient (Wildman–Crippen LogP) is 2.74. The van der Waals surface area contributed by atoms with Crippen LogP contribution in [0.3, 0.4) is 0 Å². The predicted molar refractivity (Wildman–Crippen MR) is 110 cm³/mol. The number of likely N-dealkylation sites (N-methyl/N-ethyl adjacent to an activating group) is 1. The Kier molecular flexibility index (Phi) is 6.76. The number of aryl methyl sites for hydroxylation is 1. The lowest BCUT2D eigenvalue weighted by molar-refractivity contribution is 0.172. The van der Waals surface area contributed by atoms with Crippen LogP contribution in [-0.4, -0.2) is 51.0 Å². The maximum Gasteiger partial charge on any atom is 0.314 e. The number of nitrogens with zero attached hydrogens (tertiary/aromatic N) is 1. The molecule has 0 saturated heterocycles. The highest BCUT2D eigenvalue weighted by Gasteiger charge is 2.21. The van der Waals surface area contributed by atoms with Gasteiger partial charge in [-0.3, -0.25) is 0 Å². The van der Waals surface area contributed by atoms with E-state index in [0.29, 0.717) is 13.1 Å². The fraction of sp³-hybridized carbons (Fsp3) is 0.409. The Morgan fingerprint density at radius 2 is 1.89 bits per heavy atom. The number of nitrogens with one attached hydrogen (secondary N) is 2. The Morgan fingerprint density at radius 3 is 2.64 bits per heavy atom. The number of rotatable bonds is 8. The molecule has 2 amide bonds. The van der Waals surface area contributed by atoms with E-state index < -0.39 is 0 Å². The number of carbonyl (C=O) groups excluding carboxylic acids is 1. The van der Waals surface area contributed by atoms with Gasteiger partial charge in [0.25, 0.3) is 0 Å². The van der Waals surface area contributed by atoms with Crippen LogP contribution in [0, 0.1) is 6.92 Å². The van der Waals surface area contributed by atoms with Crippen LogP contribution in [0.15, 0.2) is 42.5 Å². The quantitative estimate of drug-likeness (QED) is 0.736. The second-order valence-corrected chi connectivity index (χ2v) is 7.34. The maximum atomic E-state index is 12.2. The molecule has 1 heterocycles. The minimum Gasteiger partial charge on any atom is -0.454 e. The van der Waals surface area contributed by atoms with Crippen LogP contribution in [-0.2, 0) is 12.8 Å². The number of hydrogen-bond acceptors (Lipinski definition) is 4. The Labute approximate surface area is 166 Å². The van der Waals surface area contributed by atoms with E-state index in [2.05, 4.69) is 46.7 Å². The van der Waals surface area contributed by atoms with Crippen molar-refractivity contribution in [2.24, 2.45) is 0 Å². The summed E-state index contributed by atoms with van der Waals surface area (Å²) in [5.74, 6) is 1.61. The SMILES string of the molecule is Cc1ccc(CCNC(=O)NC[C@H](Cc2cccc3c2OCO3)N(C)C)cc1. The first-order chi connectivity index (χ1) is 13.5. The molecule has 2 N–H and O–H groups in total. The first-order valence-corrected chi connectivity index (χ1v) is 9.64. The van der Waals surface area contributed by atoms with E-state index >= 15 is 0 Å². The number of ether oxygens (including phenoxy) is 2. The van der Waals surface area contributed by atoms with E-state index in [1.54, 1.807) is 0 Å². The smallest absolute Gasteiger partial charge is 0.314 e. The molecule has 2 aromatic rings. The van der Waals surface area contributed by atoms with Gasteiger partial charge in [0.1, 0.15) is 0 Å². The minimum absolute atomic E-state index is 0.142. The van der Waals surface area contributed by atoms with Crippen molar-refractivity contribution in [1.29, 1.82) is 0 Å². The number of fused-ring (bicyclic) bond motifs is 1. The summed E-state index contributed by atoms with van der Waals surface area (Å²) >= 11 is 0. The molecule has 0 aromatic heterocycles. The van der Waals surface area contributed by atoms with Crippen LogP contribution in [0.2, 0.25) is 0 Å². The zero-order valence-corrected chi connectivity index (χ0v) is 16.8. The van der Waals surface area contributed by atoms with Gasteiger partial charge in [-0.15, -0.1) is 0 Å². The fourth-order valence-electron chi connectivity index (χ4n) is 3.19. The van der Waals surface area contributed by atoms with Gasteiger partial charge in [0.15, 0.2) is 11.5 Å². The highest BCUT2D eigenvalue weighted by molar-refractivity contribution is 5.73. The van der Waals surface area contributed by atoms with Gasteiger partial charge >= 0.3 is 6.03 Å². The van der Waals surface area contributed by atoms with Crippen molar-refractivity contribution < 1.29 is 14.3 Å². The van der Waals surface area contributed by atoms with Crippen LogP contribution in [0.5, 0.6) is 11.5 Å². The van der Waals surface area contributed by atoms with E-state index in [0.717, 1.165) is 29.9 Å². The molecule has 150 valence electrons. The summed E-state index contributed by atoms with van der Waals surface area (Å²) in [5, 5.41) is 5.92. The van der Waals surface area contributed by atoms with Gasteiger partial charge in [0, 0.05) is 19.1 Å². The summed E-state index contributed by atoms with van der Waals surface area (Å²) in [6.07, 6.45) is 1.58. The monoisotopic (exact) mass is 383 g/mol. The molecule has 0 spiro atoms. The molecule has 3 rings (SSSR count).